The van der Waals surface area contributed by atoms with Gasteiger partial charge in [-0.25, -0.2) is 14.5 Å². The topological polar surface area (TPSA) is 96.9 Å². The molecule has 0 N–H and O–H groups in total. The lowest BCUT2D eigenvalue weighted by Crippen LogP contribution is -2.40. The van der Waals surface area contributed by atoms with Crippen LogP contribution in [0.2, 0.25) is 0 Å². The smallest absolute Gasteiger partial charge is 0.338 e. The summed E-state index contributed by atoms with van der Waals surface area (Å²) in [5, 5.41) is 4.96. The van der Waals surface area contributed by atoms with E-state index >= 15 is 0 Å². The molecule has 0 saturated carbocycles. The lowest BCUT2D eigenvalue weighted by atomic mass is 9.96. The van der Waals surface area contributed by atoms with Gasteiger partial charge in [0, 0.05) is 17.3 Å². The summed E-state index contributed by atoms with van der Waals surface area (Å²) in [7, 11) is 1.59. The first-order valence-electron chi connectivity index (χ1n) is 15.6. The Morgan fingerprint density at radius 3 is 2.48 bits per heavy atom. The third kappa shape index (κ3) is 6.39. The van der Waals surface area contributed by atoms with Gasteiger partial charge in [-0.15, -0.1) is 0 Å². The molecule has 2 aromatic heterocycles. The minimum absolute atomic E-state index is 0.273. The highest BCUT2D eigenvalue weighted by Gasteiger charge is 2.34. The van der Waals surface area contributed by atoms with Crippen molar-refractivity contribution in [3.05, 3.63) is 139 Å². The predicted octanol–water partition coefficient (Wildman–Crippen LogP) is 5.92. The molecule has 48 heavy (non-hydrogen) atoms. The van der Waals surface area contributed by atoms with Gasteiger partial charge in [0.15, 0.2) is 4.80 Å². The number of fused-ring (bicyclic) bond motifs is 1. The second kappa shape index (κ2) is 13.7. The number of hydrogen-bond donors (Lipinski definition) is 0. The quantitative estimate of drug-likeness (QED) is 0.136. The average molecular weight is 661 g/mol. The number of carbonyl (C=O) groups excluding carboxylic acids is 1. The normalized spacial score (nSPS) is 14.5. The lowest BCUT2D eigenvalue weighted by molar-refractivity contribution is -0.143. The van der Waals surface area contributed by atoms with Crippen LogP contribution < -0.4 is 24.4 Å². The Labute approximate surface area is 282 Å². The van der Waals surface area contributed by atoms with E-state index in [4.69, 9.17) is 24.3 Å². The molecule has 0 aliphatic carbocycles. The number of carbonyl (C=O) groups is 1. The van der Waals surface area contributed by atoms with E-state index in [9.17, 15) is 9.59 Å². The number of rotatable bonds is 10. The molecule has 0 saturated heterocycles. The van der Waals surface area contributed by atoms with Gasteiger partial charge in [-0.05, 0) is 87.4 Å². The fraction of sp³-hybridized carbons (Fsp3) is 0.211. The van der Waals surface area contributed by atoms with Crippen molar-refractivity contribution >= 4 is 23.4 Å². The standard InChI is InChI=1S/C38H36N4O5S/c1-7-19-46-31-18-15-27(20-24(31)4)34-28(22-41(40-34)29-11-9-8-10-12-29)21-32-36(43)42-35(26-13-16-30(45-6)17-14-26)33(37(44)47-23(2)3)25(5)39-38(42)48-32/h7-18,20-23,35H,1,19H2,2-6H3/b32-21+/t35-/m0/s1. The second-order valence-electron chi connectivity index (χ2n) is 11.6. The molecule has 1 aliphatic heterocycles. The summed E-state index contributed by atoms with van der Waals surface area (Å²) in [6, 6.07) is 22.3. The predicted molar refractivity (Wildman–Crippen MR) is 187 cm³/mol. The van der Waals surface area contributed by atoms with Crippen LogP contribution in [-0.2, 0) is 9.53 Å². The molecule has 0 radical (unpaired) electrons. The molecule has 6 rings (SSSR count). The highest BCUT2D eigenvalue weighted by Crippen LogP contribution is 2.32. The minimum Gasteiger partial charge on any atom is -0.497 e. The summed E-state index contributed by atoms with van der Waals surface area (Å²) in [6.45, 7) is 11.5. The molecule has 3 aromatic carbocycles. The highest BCUT2D eigenvalue weighted by molar-refractivity contribution is 7.07. The number of thiazole rings is 1. The molecule has 0 bridgehead atoms. The van der Waals surface area contributed by atoms with Gasteiger partial charge in [0.2, 0.25) is 0 Å². The van der Waals surface area contributed by atoms with E-state index in [2.05, 4.69) is 6.58 Å². The maximum Gasteiger partial charge on any atom is 0.338 e. The monoisotopic (exact) mass is 660 g/mol. The number of methoxy groups -OCH3 is 1. The Morgan fingerprint density at radius 1 is 1.06 bits per heavy atom. The van der Waals surface area contributed by atoms with Crippen LogP contribution in [0.25, 0.3) is 23.0 Å². The van der Waals surface area contributed by atoms with Crippen LogP contribution in [-0.4, -0.2) is 40.1 Å². The van der Waals surface area contributed by atoms with Gasteiger partial charge in [0.25, 0.3) is 5.56 Å². The molecule has 0 spiro atoms. The van der Waals surface area contributed by atoms with Crippen LogP contribution in [0.15, 0.2) is 113 Å². The molecule has 3 heterocycles. The molecule has 9 nitrogen and oxygen atoms in total. The van der Waals surface area contributed by atoms with E-state index in [0.717, 1.165) is 33.7 Å². The Hall–Kier alpha value is -5.48. The Bertz CT molecular complexity index is 2210. The van der Waals surface area contributed by atoms with E-state index < -0.39 is 12.0 Å². The third-order valence-corrected chi connectivity index (χ3v) is 8.85. The highest BCUT2D eigenvalue weighted by atomic mass is 32.1. The minimum atomic E-state index is -0.738. The molecular formula is C38H36N4O5S. The van der Waals surface area contributed by atoms with Gasteiger partial charge >= 0.3 is 5.97 Å². The molecule has 1 atom stereocenters. The van der Waals surface area contributed by atoms with Crippen LogP contribution in [0.3, 0.4) is 0 Å². The van der Waals surface area contributed by atoms with Crippen LogP contribution >= 0.6 is 11.3 Å². The summed E-state index contributed by atoms with van der Waals surface area (Å²) in [6.07, 6.45) is 5.13. The van der Waals surface area contributed by atoms with Gasteiger partial charge < -0.3 is 14.2 Å². The first kappa shape index (κ1) is 32.5. The lowest BCUT2D eigenvalue weighted by Gasteiger charge is -2.25. The van der Waals surface area contributed by atoms with Crippen molar-refractivity contribution in [1.82, 2.24) is 14.3 Å². The van der Waals surface area contributed by atoms with E-state index in [1.807, 2.05) is 92.0 Å². The zero-order chi connectivity index (χ0) is 33.9. The number of aromatic nitrogens is 3. The summed E-state index contributed by atoms with van der Waals surface area (Å²) < 4.78 is 20.7. The van der Waals surface area contributed by atoms with E-state index in [1.54, 1.807) is 43.2 Å². The maximum absolute atomic E-state index is 14.4. The van der Waals surface area contributed by atoms with E-state index in [-0.39, 0.29) is 11.7 Å². The number of esters is 1. The van der Waals surface area contributed by atoms with Gasteiger partial charge in [-0.2, -0.15) is 5.10 Å². The second-order valence-corrected chi connectivity index (χ2v) is 12.6. The van der Waals surface area contributed by atoms with Crippen molar-refractivity contribution in [1.29, 1.82) is 0 Å². The number of aryl methyl sites for hydroxylation is 1. The fourth-order valence-electron chi connectivity index (χ4n) is 5.64. The van der Waals surface area contributed by atoms with Crippen molar-refractivity contribution in [2.75, 3.05) is 13.7 Å². The number of para-hydroxylation sites is 1. The number of nitrogens with zero attached hydrogens (tertiary/aromatic N) is 4. The summed E-state index contributed by atoms with van der Waals surface area (Å²) in [4.78, 5) is 33.1. The van der Waals surface area contributed by atoms with Gasteiger partial charge in [-0.3, -0.25) is 9.36 Å². The van der Waals surface area contributed by atoms with E-state index in [0.29, 0.717) is 38.7 Å². The van der Waals surface area contributed by atoms with Gasteiger partial charge in [0.1, 0.15) is 23.8 Å². The molecule has 0 amide bonds. The van der Waals surface area contributed by atoms with Crippen LogP contribution in [0.4, 0.5) is 0 Å². The molecule has 244 valence electrons. The first-order valence-corrected chi connectivity index (χ1v) is 16.4. The molecule has 0 unspecified atom stereocenters. The largest absolute Gasteiger partial charge is 0.497 e. The third-order valence-electron chi connectivity index (χ3n) is 7.87. The van der Waals surface area contributed by atoms with E-state index in [1.165, 1.54) is 11.3 Å². The number of ether oxygens (including phenoxy) is 3. The molecule has 1 aliphatic rings. The Balaban J connectivity index is 1.53. The van der Waals surface area contributed by atoms with Crippen molar-refractivity contribution in [3.63, 3.8) is 0 Å². The van der Waals surface area contributed by atoms with Crippen LogP contribution in [0.1, 0.15) is 43.5 Å². The summed E-state index contributed by atoms with van der Waals surface area (Å²) >= 11 is 1.27. The zero-order valence-corrected chi connectivity index (χ0v) is 28.3. The van der Waals surface area contributed by atoms with Crippen molar-refractivity contribution in [3.8, 4) is 28.4 Å². The Morgan fingerprint density at radius 2 is 1.81 bits per heavy atom. The number of hydrogen-bond acceptors (Lipinski definition) is 8. The Kier molecular flexibility index (Phi) is 9.27. The number of allylic oxidation sites excluding steroid dienone is 1. The van der Waals surface area contributed by atoms with Crippen molar-refractivity contribution in [2.24, 2.45) is 4.99 Å². The summed E-state index contributed by atoms with van der Waals surface area (Å²) in [5.74, 6) is 0.914. The van der Waals surface area contributed by atoms with Crippen molar-refractivity contribution < 1.29 is 19.0 Å². The zero-order valence-electron chi connectivity index (χ0n) is 27.5. The van der Waals surface area contributed by atoms with Gasteiger partial charge in [-0.1, -0.05) is 54.3 Å². The first-order chi connectivity index (χ1) is 23.2. The molecular weight excluding hydrogens is 625 g/mol. The maximum atomic E-state index is 14.4. The van der Waals surface area contributed by atoms with Gasteiger partial charge in [0.05, 0.1) is 40.7 Å². The fourth-order valence-corrected chi connectivity index (χ4v) is 6.68. The molecule has 5 aromatic rings. The molecule has 10 heteroatoms. The molecule has 0 fully saturated rings. The van der Waals surface area contributed by atoms with Crippen LogP contribution in [0, 0.1) is 6.92 Å². The number of benzene rings is 3. The van der Waals surface area contributed by atoms with Crippen molar-refractivity contribution in [2.45, 2.75) is 39.8 Å². The van der Waals surface area contributed by atoms with Crippen LogP contribution in [0.5, 0.6) is 11.5 Å². The average Bonchev–Trinajstić information content (AvgIpc) is 3.64. The SMILES string of the molecule is C=CCOc1ccc(-c2nn(-c3ccccc3)cc2/C=c2/sc3n(c2=O)[C@@H](c2ccc(OC)cc2)C(C(=O)OC(C)C)=C(C)N=3)cc1C. The summed E-state index contributed by atoms with van der Waals surface area (Å²) in [5.41, 5.74) is 5.44.